The van der Waals surface area contributed by atoms with E-state index in [0.717, 1.165) is 66.3 Å². The minimum Gasteiger partial charge on any atom is -0.462 e. The number of aryl methyl sites for hydroxylation is 1. The summed E-state index contributed by atoms with van der Waals surface area (Å²) < 4.78 is 5.39. The SMILES string of the molecule is CCCCC#Cc1c(-c2ccccc2)cc(C)c(C(=O)OCC)c1CCCC. The van der Waals surface area contributed by atoms with Crippen LogP contribution < -0.4 is 0 Å². The van der Waals surface area contributed by atoms with Crippen molar-refractivity contribution in [3.8, 4) is 23.0 Å². The van der Waals surface area contributed by atoms with Crippen LogP contribution in [0.25, 0.3) is 11.1 Å². The molecule has 0 heterocycles. The van der Waals surface area contributed by atoms with Crippen molar-refractivity contribution in [3.05, 3.63) is 58.7 Å². The van der Waals surface area contributed by atoms with E-state index in [2.05, 4.69) is 43.9 Å². The highest BCUT2D eigenvalue weighted by Crippen LogP contribution is 2.32. The lowest BCUT2D eigenvalue weighted by atomic mass is 9.86. The van der Waals surface area contributed by atoms with Gasteiger partial charge in [0.25, 0.3) is 0 Å². The highest BCUT2D eigenvalue weighted by Gasteiger charge is 2.21. The molecule has 2 nitrogen and oxygen atoms in total. The number of hydrogen-bond acceptors (Lipinski definition) is 2. The number of rotatable bonds is 8. The Balaban J connectivity index is 2.72. The van der Waals surface area contributed by atoms with Gasteiger partial charge in [0.05, 0.1) is 12.2 Å². The molecule has 0 aromatic heterocycles. The Morgan fingerprint density at radius 3 is 2.39 bits per heavy atom. The summed E-state index contributed by atoms with van der Waals surface area (Å²) in [5, 5.41) is 0. The van der Waals surface area contributed by atoms with Crippen LogP contribution in [-0.2, 0) is 11.2 Å². The highest BCUT2D eigenvalue weighted by molar-refractivity contribution is 5.95. The van der Waals surface area contributed by atoms with Crippen LogP contribution in [0.15, 0.2) is 36.4 Å². The van der Waals surface area contributed by atoms with Gasteiger partial charge in [-0.05, 0) is 61.4 Å². The van der Waals surface area contributed by atoms with Gasteiger partial charge in [-0.3, -0.25) is 0 Å². The second-order valence-electron chi connectivity index (χ2n) is 7.06. The molecule has 0 unspecified atom stereocenters. The van der Waals surface area contributed by atoms with Crippen molar-refractivity contribution in [1.29, 1.82) is 0 Å². The minimum atomic E-state index is -0.234. The van der Waals surface area contributed by atoms with E-state index in [1.165, 1.54) is 0 Å². The molecule has 0 atom stereocenters. The topological polar surface area (TPSA) is 26.3 Å². The molecule has 0 aliphatic carbocycles. The van der Waals surface area contributed by atoms with E-state index in [9.17, 15) is 4.79 Å². The van der Waals surface area contributed by atoms with Crippen molar-refractivity contribution in [2.24, 2.45) is 0 Å². The van der Waals surface area contributed by atoms with Crippen molar-refractivity contribution < 1.29 is 9.53 Å². The predicted octanol–water partition coefficient (Wildman–Crippen LogP) is 6.72. The number of benzene rings is 2. The van der Waals surface area contributed by atoms with Gasteiger partial charge < -0.3 is 4.74 Å². The molecule has 0 aliphatic heterocycles. The van der Waals surface area contributed by atoms with Gasteiger partial charge in [-0.25, -0.2) is 4.79 Å². The first-order chi connectivity index (χ1) is 13.6. The fraction of sp³-hybridized carbons (Fsp3) is 0.423. The molecule has 28 heavy (non-hydrogen) atoms. The Morgan fingerprint density at radius 2 is 1.75 bits per heavy atom. The molecule has 2 aromatic carbocycles. The molecule has 2 aromatic rings. The van der Waals surface area contributed by atoms with Gasteiger partial charge in [0.2, 0.25) is 0 Å². The summed E-state index contributed by atoms with van der Waals surface area (Å²) in [5.74, 6) is 6.54. The van der Waals surface area contributed by atoms with Crippen molar-refractivity contribution in [3.63, 3.8) is 0 Å². The van der Waals surface area contributed by atoms with E-state index < -0.39 is 0 Å². The molecule has 148 valence electrons. The molecule has 0 radical (unpaired) electrons. The monoisotopic (exact) mass is 376 g/mol. The molecule has 0 N–H and O–H groups in total. The molecule has 0 saturated heterocycles. The van der Waals surface area contributed by atoms with Gasteiger partial charge in [0.15, 0.2) is 0 Å². The second-order valence-corrected chi connectivity index (χ2v) is 7.06. The maximum atomic E-state index is 12.8. The average molecular weight is 377 g/mol. The summed E-state index contributed by atoms with van der Waals surface area (Å²) >= 11 is 0. The lowest BCUT2D eigenvalue weighted by Gasteiger charge is -2.18. The van der Waals surface area contributed by atoms with Gasteiger partial charge in [-0.2, -0.15) is 0 Å². The fourth-order valence-corrected chi connectivity index (χ4v) is 3.38. The maximum Gasteiger partial charge on any atom is 0.338 e. The van der Waals surface area contributed by atoms with Crippen LogP contribution in [0.1, 0.15) is 79.9 Å². The summed E-state index contributed by atoms with van der Waals surface area (Å²) in [6.45, 7) is 8.58. The summed E-state index contributed by atoms with van der Waals surface area (Å²) in [7, 11) is 0. The molecule has 0 bridgehead atoms. The van der Waals surface area contributed by atoms with Crippen LogP contribution in [0.3, 0.4) is 0 Å². The lowest BCUT2D eigenvalue weighted by Crippen LogP contribution is -2.13. The van der Waals surface area contributed by atoms with E-state index in [4.69, 9.17) is 4.74 Å². The molecule has 0 amide bonds. The molecule has 2 rings (SSSR count). The van der Waals surface area contributed by atoms with Crippen molar-refractivity contribution in [1.82, 2.24) is 0 Å². The van der Waals surface area contributed by atoms with Crippen LogP contribution in [0.2, 0.25) is 0 Å². The Labute approximate surface area is 170 Å². The van der Waals surface area contributed by atoms with Crippen LogP contribution in [-0.4, -0.2) is 12.6 Å². The lowest BCUT2D eigenvalue weighted by molar-refractivity contribution is 0.0524. The number of hydrogen-bond donors (Lipinski definition) is 0. The van der Waals surface area contributed by atoms with Crippen LogP contribution in [0.5, 0.6) is 0 Å². The largest absolute Gasteiger partial charge is 0.462 e. The summed E-state index contributed by atoms with van der Waals surface area (Å²) in [6.07, 6.45) is 6.03. The number of carbonyl (C=O) groups is 1. The van der Waals surface area contributed by atoms with Gasteiger partial charge in [-0.1, -0.05) is 68.9 Å². The van der Waals surface area contributed by atoms with E-state index in [0.29, 0.717) is 12.2 Å². The predicted molar refractivity (Wildman–Crippen MR) is 118 cm³/mol. The first-order valence-corrected chi connectivity index (χ1v) is 10.5. The van der Waals surface area contributed by atoms with Crippen molar-refractivity contribution in [2.75, 3.05) is 6.61 Å². The van der Waals surface area contributed by atoms with E-state index >= 15 is 0 Å². The molecule has 0 saturated carbocycles. The van der Waals surface area contributed by atoms with Gasteiger partial charge in [0, 0.05) is 12.0 Å². The van der Waals surface area contributed by atoms with Crippen molar-refractivity contribution >= 4 is 5.97 Å². The zero-order valence-electron chi connectivity index (χ0n) is 17.7. The quantitative estimate of drug-likeness (QED) is 0.290. The third-order valence-electron chi connectivity index (χ3n) is 4.84. The third-order valence-corrected chi connectivity index (χ3v) is 4.84. The Bertz CT molecular complexity index is 838. The molecule has 0 fully saturated rings. The van der Waals surface area contributed by atoms with E-state index in [1.54, 1.807) is 0 Å². The van der Waals surface area contributed by atoms with Gasteiger partial charge in [-0.15, -0.1) is 0 Å². The van der Waals surface area contributed by atoms with Crippen LogP contribution in [0, 0.1) is 18.8 Å². The van der Waals surface area contributed by atoms with E-state index in [-0.39, 0.29) is 5.97 Å². The van der Waals surface area contributed by atoms with E-state index in [1.807, 2.05) is 32.0 Å². The molecular formula is C26H32O2. The Hall–Kier alpha value is -2.53. The summed E-state index contributed by atoms with van der Waals surface area (Å²) in [4.78, 5) is 12.8. The number of carbonyl (C=O) groups excluding carboxylic acids is 1. The zero-order chi connectivity index (χ0) is 20.4. The standard InChI is InChI=1S/C26H32O2/c1-5-8-10-14-18-22-23(17-9-6-2)25(26(27)28-7-3)20(4)19-24(22)21-15-12-11-13-16-21/h11-13,15-16,19H,5-10,17H2,1-4H3. The molecule has 0 aliphatic rings. The van der Waals surface area contributed by atoms with Crippen LogP contribution >= 0.6 is 0 Å². The first kappa shape index (κ1) is 21.8. The number of ether oxygens (including phenoxy) is 1. The third kappa shape index (κ3) is 5.49. The number of unbranched alkanes of at least 4 members (excludes halogenated alkanes) is 3. The molecule has 2 heteroatoms. The smallest absolute Gasteiger partial charge is 0.338 e. The number of esters is 1. The second kappa shape index (κ2) is 11.3. The van der Waals surface area contributed by atoms with Gasteiger partial charge >= 0.3 is 5.97 Å². The average Bonchev–Trinajstić information content (AvgIpc) is 2.71. The summed E-state index contributed by atoms with van der Waals surface area (Å²) in [6, 6.07) is 12.4. The Kier molecular flexibility index (Phi) is 8.82. The summed E-state index contributed by atoms with van der Waals surface area (Å²) in [5.41, 5.74) is 5.95. The fourth-order valence-electron chi connectivity index (χ4n) is 3.38. The van der Waals surface area contributed by atoms with Gasteiger partial charge in [0.1, 0.15) is 0 Å². The Morgan fingerprint density at radius 1 is 1.04 bits per heavy atom. The molecular weight excluding hydrogens is 344 g/mol. The normalized spacial score (nSPS) is 10.3. The van der Waals surface area contributed by atoms with Crippen molar-refractivity contribution in [2.45, 2.75) is 66.2 Å². The van der Waals surface area contributed by atoms with Crippen LogP contribution in [0.4, 0.5) is 0 Å². The first-order valence-electron chi connectivity index (χ1n) is 10.5. The zero-order valence-corrected chi connectivity index (χ0v) is 17.7. The highest BCUT2D eigenvalue weighted by atomic mass is 16.5. The maximum absolute atomic E-state index is 12.8. The minimum absolute atomic E-state index is 0.234. The molecule has 0 spiro atoms.